The second-order valence-corrected chi connectivity index (χ2v) is 37.3. The van der Waals surface area contributed by atoms with Crippen LogP contribution in [0.3, 0.4) is 0 Å². The first-order valence-corrected chi connectivity index (χ1v) is 49.2. The molecule has 12 unspecified atom stereocenters. The third-order valence-corrected chi connectivity index (χ3v) is 26.4. The van der Waals surface area contributed by atoms with Crippen molar-refractivity contribution in [1.82, 2.24) is 90.0 Å². The highest BCUT2D eigenvalue weighted by Gasteiger charge is 2.45. The lowest BCUT2D eigenvalue weighted by atomic mass is 9.89. The Balaban J connectivity index is 0.000000148. The van der Waals surface area contributed by atoms with E-state index in [0.29, 0.717) is 167 Å². The predicted molar refractivity (Wildman–Crippen MR) is 522 cm³/mol. The minimum Gasteiger partial charge on any atom is -0.382 e. The van der Waals surface area contributed by atoms with Gasteiger partial charge in [0.15, 0.2) is 12.5 Å². The van der Waals surface area contributed by atoms with Gasteiger partial charge in [-0.25, -0.2) is 28.1 Å². The first-order chi connectivity index (χ1) is 71.1. The van der Waals surface area contributed by atoms with E-state index in [-0.39, 0.29) is 245 Å². The lowest BCUT2D eigenvalue weighted by Gasteiger charge is -2.18. The molecule has 18 rings (SSSR count). The molecule has 0 aromatic carbocycles. The average Bonchev–Trinajstić information content (AvgIpc) is 1.64. The summed E-state index contributed by atoms with van der Waals surface area (Å²) in [7, 11) is 89.4. The van der Waals surface area contributed by atoms with E-state index < -0.39 is 0 Å². The molecule has 36 atom stereocenters. The standard InChI is InChI=1S/C16H25B2N3O6.2C15H23B2N3O5.2C14H21B2N3O5.C13H19B2N3O4/c1-22-7-13-12(4-16(18)26-13)25-9-21-5-10(19-20-21)6-24-8-14-11(23-2)3-15(17)27-14;1-21-6-12-9(3-14(16)24-12)10-5-20(19-18-10)8-23-7-13-11(22-2)4-15(17)25-13;1-21-7-13-11(5-15(17)25-13)23-8-20-6-9(18-19-20)3-12-10(22-2)4-14(16)24-12;1-20-6-11-9(3-12(15)23-11)22-7-19-5-8(17-18-19)14-10(21-2)4-13(16)24-14;1-20-7-11-9(3-12(15)23-11)22-6-8-5-19(18-17-8)14-10(21-2)4-13(16)24-14;1-19-6-10-7(3-11(14)21-10)8-5-18(17-16-8)13-9(20-2)4-12(15)22-13/h5,11-16H,3-4,6-9H2,1-2H3;5,9,11-15H,3-4,6-8H2,1-2H3;6,10-15H,3-5,7-8H2,1-2H3;2*5,9-14H,3-4,6-7H2,1-2H3;5,7,9-13H,3-4,6H2,1-2H3/t11?,12?,13-,14-,15-,16-;9?,11?,12-,13-,14-,15-;10?,11?,12-,13-,14-,15-;9?,10?,11-,12-,13-,14-;9?,10?,11-,12-,13-,14+;7?,9?,10-,11-,12-,13+/m111111/s1. The zero-order valence-corrected chi connectivity index (χ0v) is 85.6. The number of aromatic nitrogens is 18. The maximum atomic E-state index is 5.88. The fourth-order valence-electron chi connectivity index (χ4n) is 19.2. The molecular formula is C87H132B12N18O30. The zero-order chi connectivity index (χ0) is 105. The van der Waals surface area contributed by atoms with Crippen LogP contribution in [0.4, 0.5) is 0 Å². The molecule has 0 saturated carbocycles. The van der Waals surface area contributed by atoms with Gasteiger partial charge in [-0.1, -0.05) is 31.3 Å². The molecule has 12 saturated heterocycles. The van der Waals surface area contributed by atoms with Gasteiger partial charge >= 0.3 is 0 Å². The highest BCUT2D eigenvalue weighted by Crippen LogP contribution is 2.40. The van der Waals surface area contributed by atoms with E-state index in [1.807, 2.05) is 18.6 Å². The maximum Gasteiger partial charge on any atom is 0.177 e. The van der Waals surface area contributed by atoms with E-state index in [4.69, 9.17) is 236 Å². The molecule has 0 aliphatic carbocycles. The van der Waals surface area contributed by atoms with E-state index in [0.717, 1.165) is 17.1 Å². The minimum absolute atomic E-state index is 0.0247. The molecule has 12 aliphatic heterocycles. The molecule has 6 aromatic heterocycles. The smallest absolute Gasteiger partial charge is 0.177 e. The van der Waals surface area contributed by atoms with Gasteiger partial charge in [0.05, 0.1) is 187 Å². The second kappa shape index (κ2) is 59.9. The average molecular weight is 2040 g/mol. The highest BCUT2D eigenvalue weighted by atomic mass is 16.6. The molecule has 12 fully saturated rings. The fraction of sp³-hybridized carbons (Fsp3) is 0.862. The summed E-state index contributed by atoms with van der Waals surface area (Å²) in [5.41, 5.74) is 4.50. The Morgan fingerprint density at radius 3 is 0.993 bits per heavy atom. The molecule has 0 N–H and O–H groups in total. The van der Waals surface area contributed by atoms with Gasteiger partial charge in [-0.05, 0) is 77.0 Å². The Hall–Kier alpha value is -5.58. The monoisotopic (exact) mass is 2040 g/mol. The molecule has 18 heterocycles. The highest BCUT2D eigenvalue weighted by molar-refractivity contribution is 6.14. The Kier molecular flexibility index (Phi) is 48.3. The van der Waals surface area contributed by atoms with Crippen LogP contribution in [0.1, 0.15) is 142 Å². The quantitative estimate of drug-likeness (QED) is 0.0346. The summed E-state index contributed by atoms with van der Waals surface area (Å²) in [4.78, 5) is 0. The van der Waals surface area contributed by atoms with Crippen LogP contribution >= 0.6 is 0 Å². The van der Waals surface area contributed by atoms with E-state index in [2.05, 4.69) is 61.9 Å². The van der Waals surface area contributed by atoms with E-state index in [1.54, 1.807) is 132 Å². The molecular weight excluding hydrogens is 1910 g/mol. The molecule has 6 aromatic rings. The van der Waals surface area contributed by atoms with Crippen molar-refractivity contribution in [2.24, 2.45) is 0 Å². The van der Waals surface area contributed by atoms with Crippen LogP contribution in [0.15, 0.2) is 37.2 Å². The van der Waals surface area contributed by atoms with Crippen molar-refractivity contribution in [3.8, 4) is 0 Å². The van der Waals surface area contributed by atoms with Crippen LogP contribution in [-0.4, -0.2) is 510 Å². The van der Waals surface area contributed by atoms with Crippen molar-refractivity contribution < 1.29 is 142 Å². The predicted octanol–water partition coefficient (Wildman–Crippen LogP) is -2.91. The molecule has 12 aliphatic rings. The van der Waals surface area contributed by atoms with Crippen molar-refractivity contribution in [1.29, 1.82) is 0 Å². The van der Waals surface area contributed by atoms with Crippen molar-refractivity contribution in [2.45, 2.75) is 342 Å². The summed E-state index contributed by atoms with van der Waals surface area (Å²) in [5.74, 6) is 0.123. The Morgan fingerprint density at radius 2 is 0.537 bits per heavy atom. The fourth-order valence-corrected chi connectivity index (χ4v) is 19.2. The van der Waals surface area contributed by atoms with Crippen LogP contribution in [0.5, 0.6) is 0 Å². The third-order valence-electron chi connectivity index (χ3n) is 26.4. The van der Waals surface area contributed by atoms with Crippen LogP contribution in [-0.2, 0) is 189 Å². The summed E-state index contributed by atoms with van der Waals surface area (Å²) in [6.45, 7) is 5.10. The van der Waals surface area contributed by atoms with E-state index in [1.165, 1.54) is 0 Å². The topological polar surface area (TPSA) is 461 Å². The number of rotatable bonds is 45. The number of nitrogens with zero attached hydrogens (tertiary/aromatic N) is 18. The zero-order valence-electron chi connectivity index (χ0n) is 85.6. The number of methoxy groups -OCH3 is 12. The number of hydrogen-bond acceptors (Lipinski definition) is 42. The molecule has 147 heavy (non-hydrogen) atoms. The van der Waals surface area contributed by atoms with Gasteiger partial charge < -0.3 is 142 Å². The van der Waals surface area contributed by atoms with Gasteiger partial charge in [0.25, 0.3) is 0 Å². The van der Waals surface area contributed by atoms with Gasteiger partial charge in [0.1, 0.15) is 193 Å². The van der Waals surface area contributed by atoms with Gasteiger partial charge in [-0.3, -0.25) is 0 Å². The number of hydrogen-bond donors (Lipinski definition) is 0. The van der Waals surface area contributed by atoms with Crippen LogP contribution in [0, 0.1) is 0 Å². The van der Waals surface area contributed by atoms with Crippen LogP contribution in [0.2, 0.25) is 0 Å². The van der Waals surface area contributed by atoms with Crippen molar-refractivity contribution in [2.75, 3.05) is 138 Å². The SMILES string of the molecule is [B][C@H]1CC(OC)[C@@H](COCc2cn(COC3C[C@H]([B])O[C@@H]3COC)nn2)O1.[B][C@H]1CC(OC)[C@@H](COCn2cc(C3C[C@H]([B])O[C@@H]3COC)nn2)O1.[B][C@H]1CC(OC)[C@@H](Cc2cn(COC3C[C@H]([B])O[C@@H]3COC)nn2)O1.[B][C@H]1CC(OC)[C@@H](c2cn(COC3C[C@H]([B])O[C@@H]3COC)nn2)O1.[B][C@H]1CC(OCc2cn([C@H]3O[C@@H]([B])CC3OC)nn2)[C@@H](COC)O1.[B][C@H]1CC(c2cn([C@H]3O[C@@H]([B])CC3OC)nn2)[C@@H](COC)O1. The van der Waals surface area contributed by atoms with E-state index in [9.17, 15) is 0 Å². The summed E-state index contributed by atoms with van der Waals surface area (Å²) >= 11 is 0. The Morgan fingerprint density at radius 1 is 0.245 bits per heavy atom. The molecule has 60 heteroatoms. The van der Waals surface area contributed by atoms with Gasteiger partial charge in [-0.2, -0.15) is 0 Å². The van der Waals surface area contributed by atoms with Gasteiger partial charge in [0.2, 0.25) is 0 Å². The molecule has 0 spiro atoms. The Bertz CT molecular complexity index is 4600. The molecule has 786 valence electrons. The molecule has 48 nitrogen and oxygen atoms in total. The summed E-state index contributed by atoms with van der Waals surface area (Å²) < 4.78 is 175. The largest absolute Gasteiger partial charge is 0.382 e. The number of ether oxygens (including phenoxy) is 30. The molecule has 0 bridgehead atoms. The lowest BCUT2D eigenvalue weighted by molar-refractivity contribution is -0.0679. The third kappa shape index (κ3) is 34.7. The normalized spacial score (nSPS) is 35.9. The summed E-state index contributed by atoms with van der Waals surface area (Å²) in [6, 6.07) is -3.92. The van der Waals surface area contributed by atoms with Crippen LogP contribution < -0.4 is 0 Å². The summed E-state index contributed by atoms with van der Waals surface area (Å²) in [5, 5.41) is 49.5. The van der Waals surface area contributed by atoms with E-state index >= 15 is 0 Å². The minimum atomic E-state index is -0.379. The second-order valence-electron chi connectivity index (χ2n) is 37.3. The lowest BCUT2D eigenvalue weighted by Crippen LogP contribution is -2.29. The first kappa shape index (κ1) is 118. The first-order valence-electron chi connectivity index (χ1n) is 49.2. The van der Waals surface area contributed by atoms with Gasteiger partial charge in [-0.15, -0.1) is 30.6 Å². The van der Waals surface area contributed by atoms with Crippen molar-refractivity contribution in [3.63, 3.8) is 0 Å². The molecule has 24 radical (unpaired) electrons. The van der Waals surface area contributed by atoms with Gasteiger partial charge in [0, 0.05) is 176 Å². The van der Waals surface area contributed by atoms with Crippen LogP contribution in [0.25, 0.3) is 0 Å². The molecule has 0 amide bonds. The summed E-state index contributed by atoms with van der Waals surface area (Å²) in [6.07, 6.45) is 15.7. The Labute approximate surface area is 873 Å². The van der Waals surface area contributed by atoms with Crippen molar-refractivity contribution >= 4 is 94.2 Å². The van der Waals surface area contributed by atoms with Crippen molar-refractivity contribution in [3.05, 3.63) is 71.3 Å². The maximum absolute atomic E-state index is 5.88.